The van der Waals surface area contributed by atoms with Gasteiger partial charge in [0.2, 0.25) is 0 Å². The van der Waals surface area contributed by atoms with E-state index in [2.05, 4.69) is 34.0 Å². The number of allylic oxidation sites excluding steroid dienone is 2. The lowest BCUT2D eigenvalue weighted by Gasteiger charge is -2.19. The second-order valence-corrected chi connectivity index (χ2v) is 5.05. The van der Waals surface area contributed by atoms with Crippen molar-refractivity contribution in [2.75, 3.05) is 6.54 Å². The molecule has 0 aromatic heterocycles. The maximum absolute atomic E-state index is 10.9. The van der Waals surface area contributed by atoms with Gasteiger partial charge in [0.1, 0.15) is 5.76 Å². The summed E-state index contributed by atoms with van der Waals surface area (Å²) in [6, 6.07) is 0. The van der Waals surface area contributed by atoms with Crippen LogP contribution in [-0.2, 0) is 15.9 Å². The van der Waals surface area contributed by atoms with E-state index >= 15 is 0 Å². The Bertz CT molecular complexity index is 438. The molecule has 17 heavy (non-hydrogen) atoms. The average Bonchev–Trinajstić information content (AvgIpc) is 2.73. The van der Waals surface area contributed by atoms with Gasteiger partial charge in [0.15, 0.2) is 5.84 Å². The molecule has 0 aliphatic carbocycles. The van der Waals surface area contributed by atoms with Gasteiger partial charge in [0, 0.05) is 5.92 Å². The third-order valence-electron chi connectivity index (χ3n) is 2.55. The maximum atomic E-state index is 10.9. The zero-order chi connectivity index (χ0) is 12.3. The van der Waals surface area contributed by atoms with E-state index in [1.807, 2.05) is 6.08 Å². The SMILES string of the molecule is CC(C)C1C=COC(CNC2=NS(=O)N=C2)=C1. The van der Waals surface area contributed by atoms with Gasteiger partial charge in [-0.2, -0.15) is 4.40 Å². The van der Waals surface area contributed by atoms with Crippen LogP contribution in [0.15, 0.2) is 33.0 Å². The van der Waals surface area contributed by atoms with Gasteiger partial charge >= 0.3 is 0 Å². The Morgan fingerprint density at radius 1 is 1.59 bits per heavy atom. The topological polar surface area (TPSA) is 63.0 Å². The Morgan fingerprint density at radius 3 is 3.06 bits per heavy atom. The second kappa shape index (κ2) is 5.27. The third-order valence-corrected chi connectivity index (χ3v) is 3.19. The molecular formula is C11H15N3O2S. The summed E-state index contributed by atoms with van der Waals surface area (Å²) in [5, 5.41) is 3.02. The van der Waals surface area contributed by atoms with Crippen molar-refractivity contribution in [1.82, 2.24) is 5.32 Å². The minimum atomic E-state index is -1.45. The zero-order valence-corrected chi connectivity index (χ0v) is 10.6. The quantitative estimate of drug-likeness (QED) is 0.825. The molecule has 6 heteroatoms. The highest BCUT2D eigenvalue weighted by Gasteiger charge is 2.14. The first-order chi connectivity index (χ1) is 8.15. The molecule has 2 rings (SSSR count). The molecule has 2 aliphatic rings. The fourth-order valence-corrected chi connectivity index (χ4v) is 2.04. The molecule has 0 amide bonds. The van der Waals surface area contributed by atoms with Crippen LogP contribution in [0.5, 0.6) is 0 Å². The van der Waals surface area contributed by atoms with E-state index in [-0.39, 0.29) is 0 Å². The molecule has 2 unspecified atom stereocenters. The molecule has 0 saturated heterocycles. The molecule has 2 heterocycles. The predicted octanol–water partition coefficient (Wildman–Crippen LogP) is 1.34. The number of hydrogen-bond donors (Lipinski definition) is 1. The van der Waals surface area contributed by atoms with Crippen LogP contribution in [0.2, 0.25) is 0 Å². The van der Waals surface area contributed by atoms with E-state index in [4.69, 9.17) is 4.74 Å². The standard InChI is InChI=1S/C11H15N3O2S/c1-8(2)9-3-4-16-10(5-9)6-12-11-7-13-17(15)14-11/h3-5,7-9H,6H2,1-2H3,(H,12,14). The summed E-state index contributed by atoms with van der Waals surface area (Å²) in [7, 11) is 0. The van der Waals surface area contributed by atoms with Crippen LogP contribution in [0.4, 0.5) is 0 Å². The Balaban J connectivity index is 1.89. The first kappa shape index (κ1) is 12.0. The molecule has 0 aromatic carbocycles. The summed E-state index contributed by atoms with van der Waals surface area (Å²) in [4.78, 5) is 0. The Hall–Kier alpha value is -1.43. The van der Waals surface area contributed by atoms with Gasteiger partial charge in [0.05, 0.1) is 19.0 Å². The minimum Gasteiger partial charge on any atom is -0.468 e. The number of nitrogens with zero attached hydrogens (tertiary/aromatic N) is 2. The second-order valence-electron chi connectivity index (χ2n) is 4.20. The van der Waals surface area contributed by atoms with Crippen molar-refractivity contribution < 1.29 is 8.95 Å². The van der Waals surface area contributed by atoms with Crippen molar-refractivity contribution in [2.24, 2.45) is 20.6 Å². The van der Waals surface area contributed by atoms with Crippen molar-refractivity contribution in [2.45, 2.75) is 13.8 Å². The van der Waals surface area contributed by atoms with E-state index in [9.17, 15) is 4.21 Å². The molecule has 5 nitrogen and oxygen atoms in total. The molecule has 0 fully saturated rings. The summed E-state index contributed by atoms with van der Waals surface area (Å²) in [5.41, 5.74) is 0. The normalized spacial score (nSPS) is 26.8. The van der Waals surface area contributed by atoms with E-state index in [0.29, 0.717) is 24.2 Å². The highest BCUT2D eigenvalue weighted by molar-refractivity contribution is 7.83. The summed E-state index contributed by atoms with van der Waals surface area (Å²) in [5.74, 6) is 2.32. The van der Waals surface area contributed by atoms with E-state index < -0.39 is 11.2 Å². The Morgan fingerprint density at radius 2 is 2.41 bits per heavy atom. The van der Waals surface area contributed by atoms with E-state index in [1.165, 1.54) is 6.21 Å². The van der Waals surface area contributed by atoms with Gasteiger partial charge in [-0.3, -0.25) is 0 Å². The predicted molar refractivity (Wildman–Crippen MR) is 68.7 cm³/mol. The molecule has 1 N–H and O–H groups in total. The molecule has 2 atom stereocenters. The Kier molecular flexibility index (Phi) is 3.73. The summed E-state index contributed by atoms with van der Waals surface area (Å²) in [6.45, 7) is 4.85. The molecule has 0 spiro atoms. The highest BCUT2D eigenvalue weighted by Crippen LogP contribution is 2.20. The summed E-state index contributed by atoms with van der Waals surface area (Å²) < 4.78 is 23.7. The number of hydrogen-bond acceptors (Lipinski definition) is 3. The van der Waals surface area contributed by atoms with Crippen LogP contribution in [0, 0.1) is 11.8 Å². The maximum Gasteiger partial charge on any atom is 0.267 e. The lowest BCUT2D eigenvalue weighted by Crippen LogP contribution is -2.26. The van der Waals surface area contributed by atoms with E-state index in [0.717, 1.165) is 5.76 Å². The lowest BCUT2D eigenvalue weighted by molar-refractivity contribution is 0.315. The van der Waals surface area contributed by atoms with Crippen molar-refractivity contribution in [1.29, 1.82) is 0 Å². The molecule has 92 valence electrons. The Labute approximate surface area is 103 Å². The first-order valence-electron chi connectivity index (χ1n) is 5.48. The van der Waals surface area contributed by atoms with Gasteiger partial charge in [-0.1, -0.05) is 13.8 Å². The molecule has 0 radical (unpaired) electrons. The molecule has 0 saturated carbocycles. The molecule has 0 bridgehead atoms. The van der Waals surface area contributed by atoms with Gasteiger partial charge in [-0.15, -0.1) is 4.40 Å². The smallest absolute Gasteiger partial charge is 0.267 e. The first-order valence-corrected chi connectivity index (χ1v) is 6.54. The van der Waals surface area contributed by atoms with Gasteiger partial charge in [-0.25, -0.2) is 4.21 Å². The van der Waals surface area contributed by atoms with Gasteiger partial charge < -0.3 is 10.1 Å². The molecule has 2 aliphatic heterocycles. The largest absolute Gasteiger partial charge is 0.468 e. The fourth-order valence-electron chi connectivity index (χ4n) is 1.52. The van der Waals surface area contributed by atoms with Gasteiger partial charge in [-0.05, 0) is 18.1 Å². The molecule has 0 aromatic rings. The fraction of sp³-hybridized carbons (Fsp3) is 0.455. The monoisotopic (exact) mass is 253 g/mol. The average molecular weight is 253 g/mol. The highest BCUT2D eigenvalue weighted by atomic mass is 32.2. The zero-order valence-electron chi connectivity index (χ0n) is 9.79. The minimum absolute atomic E-state index is 0.397. The van der Waals surface area contributed by atoms with Crippen molar-refractivity contribution in [3.63, 3.8) is 0 Å². The lowest BCUT2D eigenvalue weighted by atomic mass is 9.94. The summed E-state index contributed by atoms with van der Waals surface area (Å²) in [6.07, 6.45) is 7.30. The van der Waals surface area contributed by atoms with Gasteiger partial charge in [0.25, 0.3) is 11.2 Å². The number of amidine groups is 1. The van der Waals surface area contributed by atoms with Crippen LogP contribution < -0.4 is 5.32 Å². The number of nitrogens with one attached hydrogen (secondary N) is 1. The van der Waals surface area contributed by atoms with Crippen LogP contribution >= 0.6 is 0 Å². The number of rotatable bonds is 3. The van der Waals surface area contributed by atoms with Crippen molar-refractivity contribution in [3.05, 3.63) is 24.2 Å². The van der Waals surface area contributed by atoms with Crippen LogP contribution in [-0.4, -0.2) is 22.8 Å². The van der Waals surface area contributed by atoms with Crippen molar-refractivity contribution >= 4 is 23.2 Å². The molecular weight excluding hydrogens is 238 g/mol. The number of ether oxygens (including phenoxy) is 1. The van der Waals surface area contributed by atoms with Crippen molar-refractivity contribution in [3.8, 4) is 0 Å². The third kappa shape index (κ3) is 3.26. The van der Waals surface area contributed by atoms with E-state index in [1.54, 1.807) is 6.26 Å². The van der Waals surface area contributed by atoms with Crippen LogP contribution in [0.1, 0.15) is 13.8 Å². The summed E-state index contributed by atoms with van der Waals surface area (Å²) >= 11 is -1.45. The van der Waals surface area contributed by atoms with Crippen LogP contribution in [0.25, 0.3) is 0 Å². The van der Waals surface area contributed by atoms with Crippen LogP contribution in [0.3, 0.4) is 0 Å².